The lowest BCUT2D eigenvalue weighted by atomic mass is 10.2. The average molecular weight is 341 g/mol. The first-order valence-corrected chi connectivity index (χ1v) is 7.21. The lowest BCUT2D eigenvalue weighted by Crippen LogP contribution is -2.12. The van der Waals surface area contributed by atoms with Crippen molar-refractivity contribution >= 4 is 38.9 Å². The Kier molecular flexibility index (Phi) is 4.21. The van der Waals surface area contributed by atoms with Crippen LogP contribution in [0.1, 0.15) is 20.4 Å². The molecule has 1 aromatic carbocycles. The molecule has 1 amide bonds. The van der Waals surface area contributed by atoms with Crippen LogP contribution in [0.25, 0.3) is 0 Å². The highest BCUT2D eigenvalue weighted by molar-refractivity contribution is 9.10. The number of rotatable bonds is 3. The van der Waals surface area contributed by atoms with Crippen LogP contribution < -0.4 is 10.1 Å². The van der Waals surface area contributed by atoms with Crippen LogP contribution in [0.2, 0.25) is 0 Å². The van der Waals surface area contributed by atoms with Gasteiger partial charge in [-0.2, -0.15) is 0 Å². The number of anilines is 1. The van der Waals surface area contributed by atoms with Crippen LogP contribution in [-0.2, 0) is 0 Å². The molecule has 1 heterocycles. The predicted molar refractivity (Wildman–Crippen MR) is 80.2 cm³/mol. The molecule has 0 atom stereocenters. The quantitative estimate of drug-likeness (QED) is 0.924. The summed E-state index contributed by atoms with van der Waals surface area (Å²) >= 11 is 4.76. The number of nitrogens with zero attached hydrogens (tertiary/aromatic N) is 1. The van der Waals surface area contributed by atoms with Gasteiger partial charge in [0.2, 0.25) is 0 Å². The zero-order valence-electron chi connectivity index (χ0n) is 10.8. The molecule has 1 aromatic heterocycles. The number of hydrogen-bond donors (Lipinski definition) is 1. The second kappa shape index (κ2) is 5.71. The van der Waals surface area contributed by atoms with Crippen LogP contribution in [-0.4, -0.2) is 18.0 Å². The molecule has 6 heteroatoms. The third-order valence-corrected chi connectivity index (χ3v) is 4.08. The van der Waals surface area contributed by atoms with Crippen molar-refractivity contribution in [2.24, 2.45) is 0 Å². The summed E-state index contributed by atoms with van der Waals surface area (Å²) in [6.07, 6.45) is 0. The lowest BCUT2D eigenvalue weighted by Gasteiger charge is -2.10. The van der Waals surface area contributed by atoms with Gasteiger partial charge >= 0.3 is 0 Å². The van der Waals surface area contributed by atoms with Crippen LogP contribution in [0.5, 0.6) is 5.75 Å². The van der Waals surface area contributed by atoms with Crippen LogP contribution in [0.3, 0.4) is 0 Å². The number of halogens is 1. The molecule has 4 nitrogen and oxygen atoms in total. The third kappa shape index (κ3) is 3.13. The number of aromatic nitrogens is 1. The molecular formula is C13H13BrN2O2S. The molecule has 19 heavy (non-hydrogen) atoms. The van der Waals surface area contributed by atoms with Gasteiger partial charge < -0.3 is 10.1 Å². The Hall–Kier alpha value is -1.40. The number of thiazole rings is 1. The van der Waals surface area contributed by atoms with Crippen molar-refractivity contribution in [1.82, 2.24) is 4.98 Å². The lowest BCUT2D eigenvalue weighted by molar-refractivity contribution is 0.102. The molecule has 0 aliphatic carbocycles. The maximum absolute atomic E-state index is 12.2. The van der Waals surface area contributed by atoms with Gasteiger partial charge in [0.05, 0.1) is 23.5 Å². The Balaban J connectivity index is 2.28. The summed E-state index contributed by atoms with van der Waals surface area (Å²) < 4.78 is 6.10. The van der Waals surface area contributed by atoms with Crippen LogP contribution in [0, 0.1) is 13.8 Å². The molecule has 0 saturated carbocycles. The number of hydrogen-bond acceptors (Lipinski definition) is 4. The molecule has 2 aromatic rings. The van der Waals surface area contributed by atoms with Crippen LogP contribution in [0.15, 0.2) is 22.7 Å². The smallest absolute Gasteiger partial charge is 0.267 e. The van der Waals surface area contributed by atoms with Crippen molar-refractivity contribution in [3.63, 3.8) is 0 Å². The topological polar surface area (TPSA) is 51.2 Å². The molecule has 0 aliphatic rings. The van der Waals surface area contributed by atoms with E-state index in [9.17, 15) is 4.79 Å². The highest BCUT2D eigenvalue weighted by Crippen LogP contribution is 2.29. The first-order valence-electron chi connectivity index (χ1n) is 5.60. The number of amides is 1. The van der Waals surface area contributed by atoms with E-state index in [1.807, 2.05) is 19.9 Å². The van der Waals surface area contributed by atoms with Crippen molar-refractivity contribution in [2.75, 3.05) is 12.4 Å². The number of ether oxygens (including phenoxy) is 1. The van der Waals surface area contributed by atoms with Crippen molar-refractivity contribution in [3.8, 4) is 5.75 Å². The molecule has 100 valence electrons. The summed E-state index contributed by atoms with van der Waals surface area (Å²) in [6.45, 7) is 3.71. The minimum atomic E-state index is -0.167. The molecule has 1 N–H and O–H groups in total. The Morgan fingerprint density at radius 2 is 2.16 bits per heavy atom. The number of methoxy groups -OCH3 is 1. The van der Waals surface area contributed by atoms with E-state index in [1.165, 1.54) is 11.3 Å². The minimum Gasteiger partial charge on any atom is -0.495 e. The first kappa shape index (κ1) is 14.0. The maximum Gasteiger partial charge on any atom is 0.267 e. The average Bonchev–Trinajstić information content (AvgIpc) is 2.69. The van der Waals surface area contributed by atoms with Crippen molar-refractivity contribution in [3.05, 3.63) is 38.3 Å². The second-order valence-corrected chi connectivity index (χ2v) is 6.07. The Morgan fingerprint density at radius 1 is 1.42 bits per heavy atom. The van der Waals surface area contributed by atoms with E-state index in [1.54, 1.807) is 19.2 Å². The molecule has 2 rings (SSSR count). The highest BCUT2D eigenvalue weighted by Gasteiger charge is 2.15. The largest absolute Gasteiger partial charge is 0.495 e. The van der Waals surface area contributed by atoms with Gasteiger partial charge in [0.25, 0.3) is 5.91 Å². The summed E-state index contributed by atoms with van der Waals surface area (Å²) in [5, 5.41) is 3.73. The Labute approximate surface area is 124 Å². The first-order chi connectivity index (χ1) is 9.01. The number of aryl methyl sites for hydroxylation is 2. The van der Waals surface area contributed by atoms with E-state index >= 15 is 0 Å². The van der Waals surface area contributed by atoms with Gasteiger partial charge in [-0.05, 0) is 32.0 Å². The molecule has 0 unspecified atom stereocenters. The molecule has 0 spiro atoms. The van der Waals surface area contributed by atoms with Gasteiger partial charge in [0.15, 0.2) is 0 Å². The predicted octanol–water partition coefficient (Wildman–Crippen LogP) is 3.78. The number of carbonyl (C=O) groups is 1. The van der Waals surface area contributed by atoms with Crippen molar-refractivity contribution < 1.29 is 9.53 Å². The molecule has 0 radical (unpaired) electrons. The monoisotopic (exact) mass is 340 g/mol. The van der Waals surface area contributed by atoms with E-state index < -0.39 is 0 Å². The number of carbonyl (C=O) groups excluding carboxylic acids is 1. The fraction of sp³-hybridized carbons (Fsp3) is 0.231. The van der Waals surface area contributed by atoms with Gasteiger partial charge in [-0.15, -0.1) is 11.3 Å². The molecule has 0 saturated heterocycles. The van der Waals surface area contributed by atoms with Crippen LogP contribution >= 0.6 is 27.3 Å². The Morgan fingerprint density at radius 3 is 2.74 bits per heavy atom. The van der Waals surface area contributed by atoms with E-state index in [0.717, 1.165) is 15.2 Å². The van der Waals surface area contributed by atoms with E-state index in [4.69, 9.17) is 4.74 Å². The van der Waals surface area contributed by atoms with E-state index in [-0.39, 0.29) is 5.91 Å². The number of nitrogens with one attached hydrogen (secondary N) is 1. The fourth-order valence-corrected chi connectivity index (χ4v) is 2.88. The summed E-state index contributed by atoms with van der Waals surface area (Å²) in [5.41, 5.74) is 1.38. The summed E-state index contributed by atoms with van der Waals surface area (Å²) in [5.74, 6) is 0.454. The fourth-order valence-electron chi connectivity index (χ4n) is 1.70. The third-order valence-electron chi connectivity index (χ3n) is 2.52. The van der Waals surface area contributed by atoms with Crippen molar-refractivity contribution in [1.29, 1.82) is 0 Å². The highest BCUT2D eigenvalue weighted by atomic mass is 79.9. The van der Waals surface area contributed by atoms with Gasteiger partial charge in [-0.1, -0.05) is 15.9 Å². The summed E-state index contributed by atoms with van der Waals surface area (Å²) in [6, 6.07) is 5.46. The second-order valence-electron chi connectivity index (χ2n) is 3.95. The van der Waals surface area contributed by atoms with Gasteiger partial charge in [-0.3, -0.25) is 4.79 Å². The molecule has 0 bridgehead atoms. The van der Waals surface area contributed by atoms with Gasteiger partial charge in [0, 0.05) is 4.47 Å². The van der Waals surface area contributed by atoms with Crippen LogP contribution in [0.4, 0.5) is 5.69 Å². The maximum atomic E-state index is 12.2. The summed E-state index contributed by atoms with van der Waals surface area (Å²) in [4.78, 5) is 17.1. The standard InChI is InChI=1S/C13H13BrN2O2S/c1-7-12(19-8(2)15-7)13(17)16-10-6-9(14)4-5-11(10)18-3/h4-6H,1-3H3,(H,16,17). The minimum absolute atomic E-state index is 0.167. The van der Waals surface area contributed by atoms with Gasteiger partial charge in [0.1, 0.15) is 10.6 Å². The zero-order chi connectivity index (χ0) is 14.0. The Bertz CT molecular complexity index is 625. The molecule has 0 fully saturated rings. The van der Waals surface area contributed by atoms with E-state index in [2.05, 4.69) is 26.2 Å². The molecule has 0 aliphatic heterocycles. The van der Waals surface area contributed by atoms with Gasteiger partial charge in [-0.25, -0.2) is 4.98 Å². The number of benzene rings is 1. The van der Waals surface area contributed by atoms with E-state index in [0.29, 0.717) is 16.3 Å². The molecular weight excluding hydrogens is 328 g/mol. The normalized spacial score (nSPS) is 10.3. The zero-order valence-corrected chi connectivity index (χ0v) is 13.2. The van der Waals surface area contributed by atoms with Crippen molar-refractivity contribution in [2.45, 2.75) is 13.8 Å². The summed E-state index contributed by atoms with van der Waals surface area (Å²) in [7, 11) is 1.57. The SMILES string of the molecule is COc1ccc(Br)cc1NC(=O)c1sc(C)nc1C.